The van der Waals surface area contributed by atoms with Gasteiger partial charge < -0.3 is 25.6 Å². The highest BCUT2D eigenvalue weighted by atomic mass is 35.5. The number of hydrogen-bond donors (Lipinski definition) is 4. The summed E-state index contributed by atoms with van der Waals surface area (Å²) in [7, 11) is -1.36. The van der Waals surface area contributed by atoms with Crippen LogP contribution in [0.3, 0.4) is 0 Å². The van der Waals surface area contributed by atoms with E-state index in [1.165, 1.54) is 0 Å². The van der Waals surface area contributed by atoms with Crippen LogP contribution in [-0.2, 0) is 9.53 Å². The number of aliphatic carboxylic acids is 1. The van der Waals surface area contributed by atoms with Gasteiger partial charge >= 0.3 is 13.1 Å². The summed E-state index contributed by atoms with van der Waals surface area (Å²) in [5, 5.41) is 26.3. The second-order valence-electron chi connectivity index (χ2n) is 4.10. The highest BCUT2D eigenvalue weighted by Crippen LogP contribution is 2.25. The molecule has 0 aromatic heterocycles. The van der Waals surface area contributed by atoms with Gasteiger partial charge in [0.05, 0.1) is 6.61 Å². The first kappa shape index (κ1) is 15.7. The SMILES string of the molecule is Cl.NC1(C(=O)O)COCC(CCB(O)O)C1. The minimum absolute atomic E-state index is 0. The number of carboxylic acid groups (broad SMARTS) is 1. The molecule has 0 radical (unpaired) electrons. The number of carboxylic acids is 1. The van der Waals surface area contributed by atoms with Crippen molar-refractivity contribution in [2.45, 2.75) is 24.7 Å². The van der Waals surface area contributed by atoms with Crippen molar-refractivity contribution in [1.82, 2.24) is 0 Å². The number of hydrogen-bond acceptors (Lipinski definition) is 5. The second kappa shape index (κ2) is 6.41. The lowest BCUT2D eigenvalue weighted by atomic mass is 9.77. The number of halogens is 1. The molecule has 2 unspecified atom stereocenters. The van der Waals surface area contributed by atoms with E-state index in [0.717, 1.165) is 0 Å². The molecule has 1 fully saturated rings. The van der Waals surface area contributed by atoms with E-state index in [2.05, 4.69) is 0 Å². The van der Waals surface area contributed by atoms with Crippen molar-refractivity contribution in [3.8, 4) is 0 Å². The third-order valence-corrected chi connectivity index (χ3v) is 2.63. The fourth-order valence-corrected chi connectivity index (χ4v) is 1.76. The van der Waals surface area contributed by atoms with Crippen molar-refractivity contribution in [2.75, 3.05) is 13.2 Å². The number of carbonyl (C=O) groups is 1. The maximum absolute atomic E-state index is 10.9. The van der Waals surface area contributed by atoms with Gasteiger partial charge in [-0.3, -0.25) is 4.79 Å². The van der Waals surface area contributed by atoms with Gasteiger partial charge in [-0.25, -0.2) is 0 Å². The Labute approximate surface area is 100 Å². The Balaban J connectivity index is 0.00000225. The summed E-state index contributed by atoms with van der Waals surface area (Å²) in [6, 6.07) is 0. The quantitative estimate of drug-likeness (QED) is 0.483. The van der Waals surface area contributed by atoms with Crippen LogP contribution in [0.4, 0.5) is 0 Å². The van der Waals surface area contributed by atoms with Crippen LogP contribution in [0.15, 0.2) is 0 Å². The third-order valence-electron chi connectivity index (χ3n) is 2.63. The van der Waals surface area contributed by atoms with Crippen LogP contribution in [0.25, 0.3) is 0 Å². The molecule has 5 N–H and O–H groups in total. The van der Waals surface area contributed by atoms with Gasteiger partial charge in [-0.15, -0.1) is 12.4 Å². The molecule has 0 aromatic rings. The first-order valence-electron chi connectivity index (χ1n) is 4.90. The zero-order chi connectivity index (χ0) is 11.5. The van der Waals surface area contributed by atoms with E-state index < -0.39 is 18.6 Å². The van der Waals surface area contributed by atoms with Crippen LogP contribution >= 0.6 is 12.4 Å². The number of ether oxygens (including phenoxy) is 1. The zero-order valence-corrected chi connectivity index (χ0v) is 9.65. The second-order valence-corrected chi connectivity index (χ2v) is 4.10. The maximum atomic E-state index is 10.9. The Morgan fingerprint density at radius 2 is 2.19 bits per heavy atom. The fourth-order valence-electron chi connectivity index (χ4n) is 1.76. The Hall–Kier alpha value is -0.335. The molecule has 0 aromatic carbocycles. The van der Waals surface area contributed by atoms with E-state index in [1.807, 2.05) is 0 Å². The zero-order valence-electron chi connectivity index (χ0n) is 8.83. The standard InChI is InChI=1S/C8H16BNO5.ClH/c10-8(7(11)12)3-6(4-15-5-8)1-2-9(13)14;/h6,13-14H,1-5,10H2,(H,11,12);1H. The van der Waals surface area contributed by atoms with Crippen LogP contribution < -0.4 is 5.73 Å². The molecular weight excluding hydrogens is 236 g/mol. The summed E-state index contributed by atoms with van der Waals surface area (Å²) in [4.78, 5) is 10.9. The first-order valence-corrected chi connectivity index (χ1v) is 4.90. The lowest BCUT2D eigenvalue weighted by molar-refractivity contribution is -0.150. The molecule has 6 nitrogen and oxygen atoms in total. The van der Waals surface area contributed by atoms with Crippen molar-refractivity contribution in [3.63, 3.8) is 0 Å². The number of rotatable bonds is 4. The van der Waals surface area contributed by atoms with Gasteiger partial charge in [0.15, 0.2) is 0 Å². The monoisotopic (exact) mass is 253 g/mol. The molecule has 2 atom stereocenters. The predicted octanol–water partition coefficient (Wildman–Crippen LogP) is -0.910. The maximum Gasteiger partial charge on any atom is 0.451 e. The van der Waals surface area contributed by atoms with Gasteiger partial charge in [0.25, 0.3) is 0 Å². The first-order chi connectivity index (χ1) is 6.94. The highest BCUT2D eigenvalue weighted by Gasteiger charge is 2.40. The Morgan fingerprint density at radius 3 is 2.69 bits per heavy atom. The molecule has 0 aliphatic carbocycles. The Kier molecular flexibility index (Phi) is 6.28. The molecule has 0 spiro atoms. The molecule has 0 amide bonds. The molecular formula is C8H17BClNO5. The molecule has 1 rings (SSSR count). The average molecular weight is 253 g/mol. The topological polar surface area (TPSA) is 113 Å². The Bertz CT molecular complexity index is 242. The van der Waals surface area contributed by atoms with Crippen LogP contribution in [-0.4, -0.2) is 47.0 Å². The lowest BCUT2D eigenvalue weighted by Crippen LogP contribution is -2.56. The summed E-state index contributed by atoms with van der Waals surface area (Å²) in [5.41, 5.74) is 4.32. The van der Waals surface area contributed by atoms with E-state index in [4.69, 9.17) is 25.6 Å². The fraction of sp³-hybridized carbons (Fsp3) is 0.875. The third kappa shape index (κ3) is 4.27. The van der Waals surface area contributed by atoms with Crippen LogP contribution in [0, 0.1) is 5.92 Å². The van der Waals surface area contributed by atoms with E-state index >= 15 is 0 Å². The summed E-state index contributed by atoms with van der Waals surface area (Å²) in [5.74, 6) is -1.10. The summed E-state index contributed by atoms with van der Waals surface area (Å²) >= 11 is 0. The highest BCUT2D eigenvalue weighted by molar-refractivity contribution is 6.40. The van der Waals surface area contributed by atoms with Gasteiger partial charge in [0, 0.05) is 6.61 Å². The van der Waals surface area contributed by atoms with Gasteiger partial charge in [-0.05, 0) is 25.1 Å². The Morgan fingerprint density at radius 1 is 1.56 bits per heavy atom. The van der Waals surface area contributed by atoms with Gasteiger partial charge in [-0.1, -0.05) is 0 Å². The molecule has 1 aliphatic heterocycles. The van der Waals surface area contributed by atoms with Gasteiger partial charge in [0.2, 0.25) is 0 Å². The van der Waals surface area contributed by atoms with E-state index in [0.29, 0.717) is 19.4 Å². The van der Waals surface area contributed by atoms with Crippen molar-refractivity contribution >= 4 is 25.5 Å². The van der Waals surface area contributed by atoms with Crippen LogP contribution in [0.1, 0.15) is 12.8 Å². The molecule has 0 saturated carbocycles. The van der Waals surface area contributed by atoms with Crippen LogP contribution in [0.5, 0.6) is 0 Å². The largest absolute Gasteiger partial charge is 0.480 e. The van der Waals surface area contributed by atoms with E-state index in [1.54, 1.807) is 0 Å². The smallest absolute Gasteiger partial charge is 0.451 e. The van der Waals surface area contributed by atoms with Gasteiger partial charge in [-0.2, -0.15) is 0 Å². The number of nitrogens with two attached hydrogens (primary N) is 1. The summed E-state index contributed by atoms with van der Waals surface area (Å²) in [6.45, 7) is 0.444. The van der Waals surface area contributed by atoms with Crippen LogP contribution in [0.2, 0.25) is 6.32 Å². The lowest BCUT2D eigenvalue weighted by Gasteiger charge is -2.34. The average Bonchev–Trinajstić information content (AvgIpc) is 2.15. The molecule has 94 valence electrons. The van der Waals surface area contributed by atoms with Gasteiger partial charge in [0.1, 0.15) is 5.54 Å². The van der Waals surface area contributed by atoms with Crippen molar-refractivity contribution in [2.24, 2.45) is 11.7 Å². The molecule has 16 heavy (non-hydrogen) atoms. The predicted molar refractivity (Wildman–Crippen MR) is 60.3 cm³/mol. The molecule has 1 heterocycles. The summed E-state index contributed by atoms with van der Waals surface area (Å²) < 4.78 is 5.12. The summed E-state index contributed by atoms with van der Waals surface area (Å²) in [6.07, 6.45) is 1.03. The van der Waals surface area contributed by atoms with E-state index in [-0.39, 0.29) is 31.3 Å². The molecule has 1 aliphatic rings. The van der Waals surface area contributed by atoms with Crippen molar-refractivity contribution < 1.29 is 24.7 Å². The van der Waals surface area contributed by atoms with Crippen molar-refractivity contribution in [1.29, 1.82) is 0 Å². The normalized spacial score (nSPS) is 29.3. The van der Waals surface area contributed by atoms with E-state index in [9.17, 15) is 4.79 Å². The minimum atomic E-state index is -1.36. The molecule has 0 bridgehead atoms. The minimum Gasteiger partial charge on any atom is -0.480 e. The molecule has 1 saturated heterocycles. The molecule has 8 heteroatoms. The van der Waals surface area contributed by atoms with Crippen molar-refractivity contribution in [3.05, 3.63) is 0 Å².